The maximum atomic E-state index is 13.2. The molecule has 17 heavy (non-hydrogen) atoms. The van der Waals surface area contributed by atoms with Crippen LogP contribution in [0.25, 0.3) is 10.4 Å². The molecule has 0 atom stereocenters. The van der Waals surface area contributed by atoms with Gasteiger partial charge in [-0.1, -0.05) is 24.3 Å². The Labute approximate surface area is 105 Å². The summed E-state index contributed by atoms with van der Waals surface area (Å²) in [6.07, 6.45) is 2.90. The lowest BCUT2D eigenvalue weighted by molar-refractivity contribution is 0.619. The van der Waals surface area contributed by atoms with Gasteiger partial charge in [0.15, 0.2) is 5.13 Å². The van der Waals surface area contributed by atoms with E-state index in [9.17, 15) is 4.39 Å². The van der Waals surface area contributed by atoms with Crippen molar-refractivity contribution in [3.63, 3.8) is 0 Å². The lowest BCUT2D eigenvalue weighted by Gasteiger charge is -2.00. The van der Waals surface area contributed by atoms with Gasteiger partial charge in [-0.15, -0.1) is 0 Å². The standard InChI is InChI=1S/C13H15FN2S/c1-3-6-15-13-16-8-12(17-13)10-4-5-11(14)9(2)7-10/h4-5,7-8H,3,6H2,1-2H3,(H,15,16). The highest BCUT2D eigenvalue weighted by atomic mass is 32.1. The quantitative estimate of drug-likeness (QED) is 0.884. The molecule has 0 spiro atoms. The molecule has 0 aliphatic carbocycles. The fourth-order valence-electron chi connectivity index (χ4n) is 1.52. The van der Waals surface area contributed by atoms with Gasteiger partial charge in [0.1, 0.15) is 5.82 Å². The molecule has 1 aromatic carbocycles. The molecule has 0 radical (unpaired) electrons. The summed E-state index contributed by atoms with van der Waals surface area (Å²) < 4.78 is 13.2. The van der Waals surface area contributed by atoms with Crippen LogP contribution in [-0.4, -0.2) is 11.5 Å². The topological polar surface area (TPSA) is 24.9 Å². The van der Waals surface area contributed by atoms with Gasteiger partial charge in [0, 0.05) is 12.7 Å². The molecule has 0 saturated carbocycles. The first kappa shape index (κ1) is 12.0. The molecule has 1 N–H and O–H groups in total. The Morgan fingerprint density at radius 2 is 2.24 bits per heavy atom. The number of hydrogen-bond donors (Lipinski definition) is 1. The Hall–Kier alpha value is -1.42. The molecule has 0 amide bonds. The summed E-state index contributed by atoms with van der Waals surface area (Å²) in [4.78, 5) is 5.36. The molecular weight excluding hydrogens is 235 g/mol. The summed E-state index contributed by atoms with van der Waals surface area (Å²) in [5, 5.41) is 4.16. The van der Waals surface area contributed by atoms with Gasteiger partial charge in [-0.2, -0.15) is 0 Å². The van der Waals surface area contributed by atoms with Gasteiger partial charge in [0.05, 0.1) is 4.88 Å². The van der Waals surface area contributed by atoms with Crippen molar-refractivity contribution in [2.75, 3.05) is 11.9 Å². The van der Waals surface area contributed by atoms with E-state index in [1.807, 2.05) is 12.3 Å². The average molecular weight is 250 g/mol. The summed E-state index contributed by atoms with van der Waals surface area (Å²) in [6.45, 7) is 4.82. The van der Waals surface area contributed by atoms with E-state index in [1.54, 1.807) is 24.3 Å². The summed E-state index contributed by atoms with van der Waals surface area (Å²) in [7, 11) is 0. The van der Waals surface area contributed by atoms with Gasteiger partial charge >= 0.3 is 0 Å². The first-order chi connectivity index (χ1) is 8.20. The van der Waals surface area contributed by atoms with Crippen LogP contribution in [0.15, 0.2) is 24.4 Å². The summed E-state index contributed by atoms with van der Waals surface area (Å²) >= 11 is 1.60. The monoisotopic (exact) mass is 250 g/mol. The van der Waals surface area contributed by atoms with Crippen LogP contribution in [0.4, 0.5) is 9.52 Å². The Morgan fingerprint density at radius 1 is 1.41 bits per heavy atom. The van der Waals surface area contributed by atoms with E-state index in [-0.39, 0.29) is 5.82 Å². The number of aryl methyl sites for hydroxylation is 1. The highest BCUT2D eigenvalue weighted by Gasteiger charge is 2.05. The van der Waals surface area contributed by atoms with Crippen molar-refractivity contribution >= 4 is 16.5 Å². The predicted octanol–water partition coefficient (Wildman–Crippen LogP) is 4.08. The fraction of sp³-hybridized carbons (Fsp3) is 0.308. The van der Waals surface area contributed by atoms with Crippen molar-refractivity contribution in [1.29, 1.82) is 0 Å². The molecular formula is C13H15FN2S. The zero-order valence-electron chi connectivity index (χ0n) is 9.96. The molecule has 2 rings (SSSR count). The van der Waals surface area contributed by atoms with E-state index < -0.39 is 0 Å². The number of halogens is 1. The van der Waals surface area contributed by atoms with Crippen molar-refractivity contribution in [2.45, 2.75) is 20.3 Å². The second kappa shape index (κ2) is 5.27. The van der Waals surface area contributed by atoms with E-state index in [0.29, 0.717) is 5.56 Å². The van der Waals surface area contributed by atoms with Crippen LogP contribution < -0.4 is 5.32 Å². The Balaban J connectivity index is 2.21. The van der Waals surface area contributed by atoms with Crippen LogP contribution in [-0.2, 0) is 0 Å². The summed E-state index contributed by atoms with van der Waals surface area (Å²) in [6, 6.07) is 5.15. The van der Waals surface area contributed by atoms with Crippen LogP contribution in [0.1, 0.15) is 18.9 Å². The molecule has 2 nitrogen and oxygen atoms in total. The number of anilines is 1. The van der Waals surface area contributed by atoms with Crippen LogP contribution >= 0.6 is 11.3 Å². The minimum absolute atomic E-state index is 0.164. The number of nitrogens with one attached hydrogen (secondary N) is 1. The SMILES string of the molecule is CCCNc1ncc(-c2ccc(F)c(C)c2)s1. The van der Waals surface area contributed by atoms with Crippen LogP contribution in [0.3, 0.4) is 0 Å². The number of hydrogen-bond acceptors (Lipinski definition) is 3. The molecule has 0 aliphatic rings. The molecule has 0 bridgehead atoms. The van der Waals surface area contributed by atoms with E-state index in [1.165, 1.54) is 6.07 Å². The molecule has 4 heteroatoms. The fourth-order valence-corrected chi connectivity index (χ4v) is 2.36. The maximum absolute atomic E-state index is 13.2. The lowest BCUT2D eigenvalue weighted by Crippen LogP contribution is -1.97. The van der Waals surface area contributed by atoms with E-state index in [2.05, 4.69) is 17.2 Å². The maximum Gasteiger partial charge on any atom is 0.183 e. The smallest absolute Gasteiger partial charge is 0.183 e. The van der Waals surface area contributed by atoms with Crippen molar-refractivity contribution in [1.82, 2.24) is 4.98 Å². The lowest BCUT2D eigenvalue weighted by atomic mass is 10.1. The van der Waals surface area contributed by atoms with Crippen LogP contribution in [0, 0.1) is 12.7 Å². The normalized spacial score (nSPS) is 10.5. The van der Waals surface area contributed by atoms with Crippen LogP contribution in [0.5, 0.6) is 0 Å². The summed E-state index contributed by atoms with van der Waals surface area (Å²) in [5.74, 6) is -0.164. The van der Waals surface area contributed by atoms with E-state index >= 15 is 0 Å². The third-order valence-corrected chi connectivity index (χ3v) is 3.48. The second-order valence-electron chi connectivity index (χ2n) is 3.92. The molecule has 0 unspecified atom stereocenters. The number of rotatable bonds is 4. The van der Waals surface area contributed by atoms with Gasteiger partial charge in [0.2, 0.25) is 0 Å². The number of benzene rings is 1. The average Bonchev–Trinajstić information content (AvgIpc) is 2.79. The minimum Gasteiger partial charge on any atom is -0.362 e. The minimum atomic E-state index is -0.164. The van der Waals surface area contributed by atoms with Crippen molar-refractivity contribution in [2.24, 2.45) is 0 Å². The molecule has 1 aromatic heterocycles. The number of nitrogens with zero attached hydrogens (tertiary/aromatic N) is 1. The van der Waals surface area contributed by atoms with Crippen molar-refractivity contribution in [3.05, 3.63) is 35.8 Å². The van der Waals surface area contributed by atoms with Gasteiger partial charge < -0.3 is 5.32 Å². The molecule has 90 valence electrons. The third kappa shape index (κ3) is 2.82. The highest BCUT2D eigenvalue weighted by molar-refractivity contribution is 7.18. The summed E-state index contributed by atoms with van der Waals surface area (Å²) in [5.41, 5.74) is 1.69. The largest absolute Gasteiger partial charge is 0.362 e. The Morgan fingerprint density at radius 3 is 2.94 bits per heavy atom. The first-order valence-electron chi connectivity index (χ1n) is 5.67. The zero-order valence-corrected chi connectivity index (χ0v) is 10.8. The zero-order chi connectivity index (χ0) is 12.3. The molecule has 0 saturated heterocycles. The van der Waals surface area contributed by atoms with Crippen LogP contribution in [0.2, 0.25) is 0 Å². The van der Waals surface area contributed by atoms with Gasteiger partial charge in [-0.25, -0.2) is 9.37 Å². The highest BCUT2D eigenvalue weighted by Crippen LogP contribution is 2.29. The molecule has 2 aromatic rings. The molecule has 0 fully saturated rings. The molecule has 0 aliphatic heterocycles. The first-order valence-corrected chi connectivity index (χ1v) is 6.48. The number of aromatic nitrogens is 1. The Kier molecular flexibility index (Phi) is 3.74. The van der Waals surface area contributed by atoms with Crippen molar-refractivity contribution < 1.29 is 4.39 Å². The predicted molar refractivity (Wildman–Crippen MR) is 71.0 cm³/mol. The molecule has 1 heterocycles. The Bertz CT molecular complexity index is 508. The third-order valence-electron chi connectivity index (χ3n) is 2.47. The van der Waals surface area contributed by atoms with Gasteiger partial charge in [-0.3, -0.25) is 0 Å². The number of thiazole rings is 1. The van der Waals surface area contributed by atoms with E-state index in [0.717, 1.165) is 28.5 Å². The van der Waals surface area contributed by atoms with Gasteiger partial charge in [0.25, 0.3) is 0 Å². The van der Waals surface area contributed by atoms with E-state index in [4.69, 9.17) is 0 Å². The van der Waals surface area contributed by atoms with Crippen molar-refractivity contribution in [3.8, 4) is 10.4 Å². The van der Waals surface area contributed by atoms with Gasteiger partial charge in [-0.05, 0) is 36.6 Å². The second-order valence-corrected chi connectivity index (χ2v) is 4.95.